The zero-order chi connectivity index (χ0) is 24.9. The Morgan fingerprint density at radius 3 is 2.80 bits per heavy atom. The Hall–Kier alpha value is -2.71. The van der Waals surface area contributed by atoms with E-state index in [0.717, 1.165) is 22.8 Å². The van der Waals surface area contributed by atoms with E-state index in [2.05, 4.69) is 18.3 Å². The number of benzene rings is 1. The van der Waals surface area contributed by atoms with Crippen LogP contribution in [0.3, 0.4) is 0 Å². The molecular formula is C27H31NO5S2. The van der Waals surface area contributed by atoms with E-state index in [9.17, 15) is 14.7 Å². The molecular weight excluding hydrogens is 482 g/mol. The number of ether oxygens (including phenoxy) is 2. The molecule has 0 amide bonds. The van der Waals surface area contributed by atoms with Gasteiger partial charge in [-0.2, -0.15) is 11.8 Å². The number of thioether (sulfide) groups is 1. The van der Waals surface area contributed by atoms with Crippen molar-refractivity contribution in [1.82, 2.24) is 5.32 Å². The van der Waals surface area contributed by atoms with Crippen LogP contribution in [0.4, 0.5) is 0 Å². The maximum atomic E-state index is 13.6. The third-order valence-electron chi connectivity index (χ3n) is 6.28. The lowest BCUT2D eigenvalue weighted by molar-refractivity contribution is -0.138. The molecule has 8 heteroatoms. The zero-order valence-electron chi connectivity index (χ0n) is 20.3. The van der Waals surface area contributed by atoms with Gasteiger partial charge in [0.15, 0.2) is 17.3 Å². The van der Waals surface area contributed by atoms with Crippen LogP contribution in [-0.4, -0.2) is 41.6 Å². The first kappa shape index (κ1) is 25.4. The van der Waals surface area contributed by atoms with E-state index in [1.54, 1.807) is 41.3 Å². The third-order valence-corrected chi connectivity index (χ3v) is 8.17. The number of rotatable bonds is 9. The molecule has 0 fully saturated rings. The van der Waals surface area contributed by atoms with Gasteiger partial charge in [0, 0.05) is 45.9 Å². The van der Waals surface area contributed by atoms with Crippen LogP contribution in [0, 0.1) is 0 Å². The topological polar surface area (TPSA) is 84.9 Å². The molecule has 2 aromatic rings. The number of aromatic hydroxyl groups is 1. The molecule has 35 heavy (non-hydrogen) atoms. The highest BCUT2D eigenvalue weighted by molar-refractivity contribution is 7.99. The van der Waals surface area contributed by atoms with Crippen molar-refractivity contribution in [3.05, 3.63) is 68.7 Å². The molecule has 1 aliphatic heterocycles. The van der Waals surface area contributed by atoms with E-state index >= 15 is 0 Å². The molecule has 2 unspecified atom stereocenters. The number of nitrogens with one attached hydrogen (secondary N) is 1. The van der Waals surface area contributed by atoms with Crippen LogP contribution in [0.15, 0.2) is 58.3 Å². The second kappa shape index (κ2) is 11.4. The maximum absolute atomic E-state index is 13.6. The molecule has 0 spiro atoms. The van der Waals surface area contributed by atoms with Gasteiger partial charge in [-0.05, 0) is 55.2 Å². The van der Waals surface area contributed by atoms with Crippen molar-refractivity contribution in [2.75, 3.05) is 24.7 Å². The molecule has 0 saturated carbocycles. The van der Waals surface area contributed by atoms with E-state index in [-0.39, 0.29) is 17.5 Å². The van der Waals surface area contributed by atoms with Crippen molar-refractivity contribution < 1.29 is 24.2 Å². The smallest absolute Gasteiger partial charge is 0.336 e. The van der Waals surface area contributed by atoms with Crippen LogP contribution in [-0.2, 0) is 14.3 Å². The standard InChI is InChI=1S/C27H31NO5S2/c1-4-32-22-15-17(8-9-20(22)29)25-24(27(31)33-10-12-34-5-2)16(3)28-19-13-18(14-21(30)26(19)25)23-7-6-11-35-23/h6-9,11,15,18,25,28-29H,4-5,10,12-14H2,1-3H3. The summed E-state index contributed by atoms with van der Waals surface area (Å²) in [5.41, 5.74) is 3.30. The van der Waals surface area contributed by atoms with Crippen molar-refractivity contribution in [3.8, 4) is 11.5 Å². The van der Waals surface area contributed by atoms with E-state index in [0.29, 0.717) is 48.6 Å². The summed E-state index contributed by atoms with van der Waals surface area (Å²) in [5, 5.41) is 15.7. The molecule has 4 rings (SSSR count). The predicted octanol–water partition coefficient (Wildman–Crippen LogP) is 5.51. The average molecular weight is 514 g/mol. The van der Waals surface area contributed by atoms with Crippen LogP contribution < -0.4 is 10.1 Å². The van der Waals surface area contributed by atoms with Crippen molar-refractivity contribution in [2.45, 2.75) is 45.4 Å². The number of allylic oxidation sites excluding steroid dienone is 3. The molecule has 0 radical (unpaired) electrons. The molecule has 2 N–H and O–H groups in total. The summed E-state index contributed by atoms with van der Waals surface area (Å²) in [6.07, 6.45) is 1.09. The minimum atomic E-state index is -0.589. The fraction of sp³-hybridized carbons (Fsp3) is 0.407. The number of hydrogen-bond acceptors (Lipinski definition) is 8. The van der Waals surface area contributed by atoms with E-state index in [1.807, 2.05) is 25.3 Å². The first-order valence-electron chi connectivity index (χ1n) is 11.9. The lowest BCUT2D eigenvalue weighted by Gasteiger charge is -2.36. The van der Waals surface area contributed by atoms with E-state index in [4.69, 9.17) is 9.47 Å². The Balaban J connectivity index is 1.75. The molecule has 2 heterocycles. The third kappa shape index (κ3) is 5.43. The van der Waals surface area contributed by atoms with Gasteiger partial charge in [-0.15, -0.1) is 11.3 Å². The summed E-state index contributed by atoms with van der Waals surface area (Å²) in [7, 11) is 0. The maximum Gasteiger partial charge on any atom is 0.336 e. The van der Waals surface area contributed by atoms with Gasteiger partial charge in [-0.3, -0.25) is 4.79 Å². The van der Waals surface area contributed by atoms with Crippen LogP contribution in [0.25, 0.3) is 0 Å². The van der Waals surface area contributed by atoms with E-state index < -0.39 is 11.9 Å². The highest BCUT2D eigenvalue weighted by Crippen LogP contribution is 2.47. The van der Waals surface area contributed by atoms with Gasteiger partial charge in [0.2, 0.25) is 0 Å². The lowest BCUT2D eigenvalue weighted by atomic mass is 9.72. The summed E-state index contributed by atoms with van der Waals surface area (Å²) in [5.74, 6) is 1.14. The summed E-state index contributed by atoms with van der Waals surface area (Å²) in [6.45, 7) is 6.45. The molecule has 1 aromatic carbocycles. The van der Waals surface area contributed by atoms with Crippen LogP contribution in [0.2, 0.25) is 0 Å². The Labute approximate surface area is 214 Å². The summed E-state index contributed by atoms with van der Waals surface area (Å²) >= 11 is 3.37. The van der Waals surface area contributed by atoms with Crippen LogP contribution in [0.5, 0.6) is 11.5 Å². The second-order valence-electron chi connectivity index (χ2n) is 8.53. The molecule has 1 aromatic heterocycles. The first-order chi connectivity index (χ1) is 16.9. The minimum Gasteiger partial charge on any atom is -0.504 e. The number of phenols is 1. The molecule has 2 aliphatic rings. The number of ketones is 1. The monoisotopic (exact) mass is 513 g/mol. The number of thiophene rings is 1. The van der Waals surface area contributed by atoms with E-state index in [1.165, 1.54) is 4.88 Å². The van der Waals surface area contributed by atoms with Gasteiger partial charge in [0.25, 0.3) is 0 Å². The number of carbonyl (C=O) groups is 2. The molecule has 186 valence electrons. The summed E-state index contributed by atoms with van der Waals surface area (Å²) in [4.78, 5) is 28.1. The first-order valence-corrected chi connectivity index (χ1v) is 14.0. The number of carbonyl (C=O) groups excluding carboxylic acids is 2. The van der Waals surface area contributed by atoms with Gasteiger partial charge in [0.05, 0.1) is 12.2 Å². The van der Waals surface area contributed by atoms with Gasteiger partial charge in [-0.1, -0.05) is 19.1 Å². The highest BCUT2D eigenvalue weighted by atomic mass is 32.2. The van der Waals surface area contributed by atoms with Gasteiger partial charge < -0.3 is 19.9 Å². The Kier molecular flexibility index (Phi) is 8.23. The SMILES string of the molecule is CCOc1cc(C2C(C(=O)OCCSCC)=C(C)NC3=C2C(=O)CC(c2cccs2)C3)ccc1O. The van der Waals surface area contributed by atoms with Crippen molar-refractivity contribution in [3.63, 3.8) is 0 Å². The number of Topliss-reactive ketones (excluding diaryl/α,β-unsaturated/α-hetero) is 1. The minimum absolute atomic E-state index is 0.0209. The van der Waals surface area contributed by atoms with Gasteiger partial charge >= 0.3 is 5.97 Å². The van der Waals surface area contributed by atoms with Crippen molar-refractivity contribution >= 4 is 34.9 Å². The zero-order valence-corrected chi connectivity index (χ0v) is 21.9. The largest absolute Gasteiger partial charge is 0.504 e. The van der Waals surface area contributed by atoms with Gasteiger partial charge in [0.1, 0.15) is 6.61 Å². The van der Waals surface area contributed by atoms with Crippen molar-refractivity contribution in [1.29, 1.82) is 0 Å². The average Bonchev–Trinajstić information content (AvgIpc) is 3.37. The fourth-order valence-corrected chi connectivity index (χ4v) is 6.08. The molecule has 2 atom stereocenters. The summed E-state index contributed by atoms with van der Waals surface area (Å²) in [6, 6.07) is 9.12. The highest BCUT2D eigenvalue weighted by Gasteiger charge is 2.41. The second-order valence-corrected chi connectivity index (χ2v) is 10.9. The normalized spacial score (nSPS) is 19.9. The Morgan fingerprint density at radius 2 is 2.09 bits per heavy atom. The number of esters is 1. The molecule has 0 saturated heterocycles. The Morgan fingerprint density at radius 1 is 1.26 bits per heavy atom. The molecule has 6 nitrogen and oxygen atoms in total. The molecule has 0 bridgehead atoms. The van der Waals surface area contributed by atoms with Crippen molar-refractivity contribution in [2.24, 2.45) is 0 Å². The number of phenolic OH excluding ortho intramolecular Hbond substituents is 1. The number of hydrogen-bond donors (Lipinski definition) is 2. The predicted molar refractivity (Wildman–Crippen MR) is 140 cm³/mol. The Bertz CT molecular complexity index is 1150. The quantitative estimate of drug-likeness (QED) is 0.338. The van der Waals surface area contributed by atoms with Crippen LogP contribution in [0.1, 0.15) is 55.9 Å². The lowest BCUT2D eigenvalue weighted by Crippen LogP contribution is -2.36. The fourth-order valence-electron chi connectivity index (χ4n) is 4.76. The summed E-state index contributed by atoms with van der Waals surface area (Å²) < 4.78 is 11.2. The van der Waals surface area contributed by atoms with Crippen LogP contribution >= 0.6 is 23.1 Å². The van der Waals surface area contributed by atoms with Gasteiger partial charge in [-0.25, -0.2) is 4.79 Å². The number of dihydropyridines is 1. The molecule has 1 aliphatic carbocycles.